The van der Waals surface area contributed by atoms with E-state index in [1.807, 2.05) is 6.07 Å². The molecule has 0 bridgehead atoms. The lowest BCUT2D eigenvalue weighted by Gasteiger charge is -2.09. The second-order valence-corrected chi connectivity index (χ2v) is 9.31. The SMILES string of the molecule is CCCCCCCCOc1cc2c(cc1N=N)sc(NCCCC)[n+]2Cc1ccccc1. The van der Waals surface area contributed by atoms with Crippen molar-refractivity contribution < 1.29 is 9.30 Å². The van der Waals surface area contributed by atoms with Crippen LogP contribution in [0, 0.1) is 5.53 Å². The van der Waals surface area contributed by atoms with Crippen LogP contribution in [-0.4, -0.2) is 13.2 Å². The number of benzene rings is 2. The van der Waals surface area contributed by atoms with Gasteiger partial charge in [-0.3, -0.25) is 5.32 Å². The molecule has 0 unspecified atom stereocenters. The molecule has 0 spiro atoms. The van der Waals surface area contributed by atoms with Crippen molar-refractivity contribution in [3.05, 3.63) is 48.0 Å². The molecule has 0 atom stereocenters. The van der Waals surface area contributed by atoms with E-state index >= 15 is 0 Å². The first-order chi connectivity index (χ1) is 15.8. The van der Waals surface area contributed by atoms with E-state index in [2.05, 4.69) is 65.2 Å². The van der Waals surface area contributed by atoms with E-state index in [4.69, 9.17) is 10.3 Å². The lowest BCUT2D eigenvalue weighted by atomic mass is 10.1. The minimum atomic E-state index is 0.608. The van der Waals surface area contributed by atoms with Gasteiger partial charge >= 0.3 is 5.13 Å². The number of nitrogens with one attached hydrogen (secondary N) is 2. The van der Waals surface area contributed by atoms with Gasteiger partial charge in [0.2, 0.25) is 0 Å². The molecule has 172 valence electrons. The molecule has 0 amide bonds. The molecule has 0 saturated heterocycles. The Labute approximate surface area is 196 Å². The number of unbranched alkanes of at least 4 members (excludes halogenated alkanes) is 6. The molecule has 0 radical (unpaired) electrons. The zero-order valence-corrected chi connectivity index (χ0v) is 20.3. The third-order valence-electron chi connectivity index (χ3n) is 5.65. The molecule has 0 aliphatic rings. The standard InChI is InChI=1S/C26H36N4OS/c1-3-5-7-8-9-13-17-31-24-19-23-25(18-22(24)29-27)32-26(28-16-6-4-2)30(23)20-21-14-11-10-12-15-21/h10-12,14-15,18-19,27H,3-9,13,16-17,20H2,1-2H3/p+1. The largest absolute Gasteiger partial charge is 0.491 e. The summed E-state index contributed by atoms with van der Waals surface area (Å²) in [6.07, 6.45) is 9.67. The van der Waals surface area contributed by atoms with Crippen molar-refractivity contribution in [2.45, 2.75) is 71.8 Å². The zero-order chi connectivity index (χ0) is 22.6. The maximum atomic E-state index is 7.66. The molecule has 0 aliphatic carbocycles. The van der Waals surface area contributed by atoms with Crippen molar-refractivity contribution in [3.63, 3.8) is 0 Å². The Kier molecular flexibility index (Phi) is 9.95. The van der Waals surface area contributed by atoms with Gasteiger partial charge in [0.15, 0.2) is 5.75 Å². The molecule has 2 aromatic carbocycles. The van der Waals surface area contributed by atoms with Crippen LogP contribution >= 0.6 is 11.3 Å². The van der Waals surface area contributed by atoms with E-state index in [1.165, 1.54) is 37.7 Å². The molecule has 3 aromatic rings. The molecule has 6 heteroatoms. The molecule has 3 rings (SSSR count). The van der Waals surface area contributed by atoms with Gasteiger partial charge in [0.1, 0.15) is 17.7 Å². The first-order valence-electron chi connectivity index (χ1n) is 12.0. The predicted molar refractivity (Wildman–Crippen MR) is 135 cm³/mol. The molecule has 2 N–H and O–H groups in total. The number of anilines is 1. The number of ether oxygens (including phenoxy) is 1. The monoisotopic (exact) mass is 453 g/mol. The third-order valence-corrected chi connectivity index (χ3v) is 6.75. The van der Waals surface area contributed by atoms with Gasteiger partial charge in [0.05, 0.1) is 17.9 Å². The van der Waals surface area contributed by atoms with Crippen LogP contribution < -0.4 is 14.6 Å². The van der Waals surface area contributed by atoms with E-state index < -0.39 is 0 Å². The highest BCUT2D eigenvalue weighted by Crippen LogP contribution is 2.36. The summed E-state index contributed by atoms with van der Waals surface area (Å²) in [5.41, 5.74) is 10.7. The summed E-state index contributed by atoms with van der Waals surface area (Å²) in [6.45, 7) is 6.87. The van der Waals surface area contributed by atoms with Crippen molar-refractivity contribution >= 4 is 32.4 Å². The smallest absolute Gasteiger partial charge is 0.335 e. The minimum absolute atomic E-state index is 0.608. The molecule has 1 aromatic heterocycles. The Morgan fingerprint density at radius 3 is 2.47 bits per heavy atom. The van der Waals surface area contributed by atoms with Crippen molar-refractivity contribution in [1.29, 1.82) is 5.53 Å². The summed E-state index contributed by atoms with van der Waals surface area (Å²) in [7, 11) is 0. The molecule has 1 heterocycles. The topological polar surface area (TPSA) is 61.4 Å². The number of aromatic nitrogens is 1. The van der Waals surface area contributed by atoms with Crippen LogP contribution in [0.2, 0.25) is 0 Å². The number of nitrogens with zero attached hydrogens (tertiary/aromatic N) is 2. The van der Waals surface area contributed by atoms with Crippen LogP contribution in [0.25, 0.3) is 10.2 Å². The van der Waals surface area contributed by atoms with Gasteiger partial charge < -0.3 is 4.74 Å². The van der Waals surface area contributed by atoms with Crippen molar-refractivity contribution in [3.8, 4) is 5.75 Å². The highest BCUT2D eigenvalue weighted by molar-refractivity contribution is 7.21. The number of thiazole rings is 1. The van der Waals surface area contributed by atoms with Crippen LogP contribution in [0.1, 0.15) is 70.8 Å². The Bertz CT molecular complexity index is 971. The molecule has 0 aliphatic heterocycles. The van der Waals surface area contributed by atoms with Crippen molar-refractivity contribution in [2.75, 3.05) is 18.5 Å². The van der Waals surface area contributed by atoms with E-state index in [9.17, 15) is 0 Å². The normalized spacial score (nSPS) is 11.1. The summed E-state index contributed by atoms with van der Waals surface area (Å²) in [4.78, 5) is 0. The molecule has 0 saturated carbocycles. The Morgan fingerprint density at radius 2 is 1.72 bits per heavy atom. The Balaban J connectivity index is 1.82. The van der Waals surface area contributed by atoms with Gasteiger partial charge in [0.25, 0.3) is 0 Å². The highest BCUT2D eigenvalue weighted by Gasteiger charge is 2.21. The van der Waals surface area contributed by atoms with Crippen LogP contribution in [-0.2, 0) is 6.54 Å². The highest BCUT2D eigenvalue weighted by atomic mass is 32.1. The fourth-order valence-corrected chi connectivity index (χ4v) is 4.89. The first kappa shape index (κ1) is 24.2. The van der Waals surface area contributed by atoms with Crippen molar-refractivity contribution in [1.82, 2.24) is 0 Å². The number of hydrogen-bond acceptors (Lipinski definition) is 5. The van der Waals surface area contributed by atoms with Crippen LogP contribution in [0.3, 0.4) is 0 Å². The summed E-state index contributed by atoms with van der Waals surface area (Å²) >= 11 is 1.72. The summed E-state index contributed by atoms with van der Waals surface area (Å²) < 4.78 is 9.57. The van der Waals surface area contributed by atoms with E-state index in [0.717, 1.165) is 47.7 Å². The zero-order valence-electron chi connectivity index (χ0n) is 19.5. The van der Waals surface area contributed by atoms with Crippen LogP contribution in [0.5, 0.6) is 5.75 Å². The lowest BCUT2D eigenvalue weighted by Crippen LogP contribution is -2.36. The summed E-state index contributed by atoms with van der Waals surface area (Å²) in [5, 5.41) is 8.52. The molecular weight excluding hydrogens is 416 g/mol. The van der Waals surface area contributed by atoms with Crippen LogP contribution in [0.4, 0.5) is 10.8 Å². The van der Waals surface area contributed by atoms with Gasteiger partial charge in [-0.15, -0.1) is 0 Å². The Morgan fingerprint density at radius 1 is 0.969 bits per heavy atom. The summed E-state index contributed by atoms with van der Waals surface area (Å²) in [6, 6.07) is 14.6. The second kappa shape index (κ2) is 13.2. The summed E-state index contributed by atoms with van der Waals surface area (Å²) in [5.74, 6) is 0.709. The first-order valence-corrected chi connectivity index (χ1v) is 12.9. The maximum Gasteiger partial charge on any atom is 0.335 e. The lowest BCUT2D eigenvalue weighted by molar-refractivity contribution is -0.644. The molecule has 5 nitrogen and oxygen atoms in total. The van der Waals surface area contributed by atoms with E-state index in [0.29, 0.717) is 18.0 Å². The third kappa shape index (κ3) is 6.76. The van der Waals surface area contributed by atoms with Gasteiger partial charge in [0, 0.05) is 6.07 Å². The fourth-order valence-electron chi connectivity index (χ4n) is 3.79. The molecule has 0 fully saturated rings. The minimum Gasteiger partial charge on any atom is -0.491 e. The number of fused-ring (bicyclic) bond motifs is 1. The van der Waals surface area contributed by atoms with E-state index in [-0.39, 0.29) is 0 Å². The maximum absolute atomic E-state index is 7.66. The van der Waals surface area contributed by atoms with Crippen molar-refractivity contribution in [2.24, 2.45) is 5.11 Å². The predicted octanol–water partition coefficient (Wildman–Crippen LogP) is 7.85. The van der Waals surface area contributed by atoms with Gasteiger partial charge in [-0.25, -0.2) is 10.1 Å². The van der Waals surface area contributed by atoms with Crippen LogP contribution in [0.15, 0.2) is 47.6 Å². The van der Waals surface area contributed by atoms with Gasteiger partial charge in [-0.05, 0) is 35.8 Å². The number of rotatable bonds is 15. The van der Waals surface area contributed by atoms with E-state index in [1.54, 1.807) is 11.3 Å². The second-order valence-electron chi connectivity index (χ2n) is 8.27. The molecule has 32 heavy (non-hydrogen) atoms. The molecular formula is C26H37N4OS+. The average molecular weight is 454 g/mol. The van der Waals surface area contributed by atoms with Gasteiger partial charge in [-0.1, -0.05) is 82.7 Å². The fraction of sp³-hybridized carbons (Fsp3) is 0.500. The quantitative estimate of drug-likeness (QED) is 0.140. The number of hydrogen-bond donors (Lipinski definition) is 2. The Hall–Kier alpha value is -2.47. The average Bonchev–Trinajstić information content (AvgIpc) is 3.14. The van der Waals surface area contributed by atoms with Gasteiger partial charge in [-0.2, -0.15) is 5.11 Å².